The largest absolute Gasteiger partial charge is 0.349 e. The second kappa shape index (κ2) is 7.86. The molecule has 2 aromatic rings. The lowest BCUT2D eigenvalue weighted by Crippen LogP contribution is -2.38. The van der Waals surface area contributed by atoms with Crippen LogP contribution >= 0.6 is 11.8 Å². The molecule has 150 valence electrons. The van der Waals surface area contributed by atoms with E-state index in [-0.39, 0.29) is 17.2 Å². The monoisotopic (exact) mass is 406 g/mol. The van der Waals surface area contributed by atoms with Crippen molar-refractivity contribution in [2.45, 2.75) is 43.6 Å². The summed E-state index contributed by atoms with van der Waals surface area (Å²) in [7, 11) is 0. The summed E-state index contributed by atoms with van der Waals surface area (Å²) >= 11 is 1.66. The van der Waals surface area contributed by atoms with E-state index in [1.54, 1.807) is 11.8 Å². The van der Waals surface area contributed by atoms with Gasteiger partial charge in [-0.3, -0.25) is 9.59 Å². The Balaban J connectivity index is 1.26. The topological polar surface area (TPSA) is 49.4 Å². The third-order valence-electron chi connectivity index (χ3n) is 6.68. The molecule has 29 heavy (non-hydrogen) atoms. The molecule has 0 unspecified atom stereocenters. The highest BCUT2D eigenvalue weighted by molar-refractivity contribution is 8.00. The van der Waals surface area contributed by atoms with Crippen molar-refractivity contribution >= 4 is 23.6 Å². The summed E-state index contributed by atoms with van der Waals surface area (Å²) in [6.07, 6.45) is 5.03. The van der Waals surface area contributed by atoms with Crippen LogP contribution in [0.5, 0.6) is 0 Å². The first-order valence-electron chi connectivity index (χ1n) is 10.5. The van der Waals surface area contributed by atoms with Crippen LogP contribution in [0.15, 0.2) is 54.6 Å². The normalized spacial score (nSPS) is 28.1. The Morgan fingerprint density at radius 3 is 2.52 bits per heavy atom. The molecular formula is C24H26N2O2S. The third kappa shape index (κ3) is 3.80. The summed E-state index contributed by atoms with van der Waals surface area (Å²) in [6.45, 7) is 0.615. The Bertz CT molecular complexity index is 899. The zero-order valence-electron chi connectivity index (χ0n) is 16.4. The zero-order valence-corrected chi connectivity index (χ0v) is 17.2. The molecule has 0 spiro atoms. The third-order valence-corrected chi connectivity index (χ3v) is 7.93. The van der Waals surface area contributed by atoms with Crippen LogP contribution in [0.1, 0.15) is 52.5 Å². The van der Waals surface area contributed by atoms with Crippen LogP contribution < -0.4 is 5.32 Å². The van der Waals surface area contributed by atoms with Crippen LogP contribution in [-0.4, -0.2) is 28.5 Å². The molecule has 1 aliphatic heterocycles. The summed E-state index contributed by atoms with van der Waals surface area (Å²) < 4.78 is 0. The number of hydrogen-bond acceptors (Lipinski definition) is 3. The fourth-order valence-electron chi connectivity index (χ4n) is 5.15. The first-order valence-corrected chi connectivity index (χ1v) is 11.6. The second-order valence-electron chi connectivity index (χ2n) is 8.55. The predicted molar refractivity (Wildman–Crippen MR) is 115 cm³/mol. The minimum atomic E-state index is 0.00499. The van der Waals surface area contributed by atoms with E-state index in [0.717, 1.165) is 23.5 Å². The summed E-state index contributed by atoms with van der Waals surface area (Å²) in [6, 6.07) is 18.3. The maximum absolute atomic E-state index is 12.7. The van der Waals surface area contributed by atoms with Crippen molar-refractivity contribution in [1.29, 1.82) is 0 Å². The average Bonchev–Trinajstić information content (AvgIpc) is 3.46. The Morgan fingerprint density at radius 2 is 1.83 bits per heavy atom. The van der Waals surface area contributed by atoms with Crippen LogP contribution in [-0.2, 0) is 11.3 Å². The minimum Gasteiger partial charge on any atom is -0.349 e. The Kier molecular flexibility index (Phi) is 5.08. The number of amides is 2. The number of carbonyl (C=O) groups is 2. The van der Waals surface area contributed by atoms with Gasteiger partial charge in [-0.1, -0.05) is 48.9 Å². The van der Waals surface area contributed by atoms with Gasteiger partial charge < -0.3 is 10.2 Å². The maximum Gasteiger partial charge on any atom is 0.251 e. The van der Waals surface area contributed by atoms with Crippen molar-refractivity contribution in [3.8, 4) is 0 Å². The quantitative estimate of drug-likeness (QED) is 0.802. The van der Waals surface area contributed by atoms with Crippen molar-refractivity contribution in [2.24, 2.45) is 11.8 Å². The summed E-state index contributed by atoms with van der Waals surface area (Å²) in [4.78, 5) is 27.1. The molecule has 0 aromatic heterocycles. The van der Waals surface area contributed by atoms with Crippen molar-refractivity contribution in [3.63, 3.8) is 0 Å². The van der Waals surface area contributed by atoms with Crippen LogP contribution in [0.2, 0.25) is 0 Å². The molecule has 2 saturated carbocycles. The molecule has 5 heteroatoms. The van der Waals surface area contributed by atoms with Gasteiger partial charge in [-0.25, -0.2) is 0 Å². The van der Waals surface area contributed by atoms with E-state index in [2.05, 4.69) is 17.4 Å². The lowest BCUT2D eigenvalue weighted by molar-refractivity contribution is -0.128. The Morgan fingerprint density at radius 1 is 1.03 bits per heavy atom. The van der Waals surface area contributed by atoms with Gasteiger partial charge in [0.05, 0.1) is 5.75 Å². The van der Waals surface area contributed by atoms with Gasteiger partial charge in [-0.05, 0) is 54.4 Å². The zero-order chi connectivity index (χ0) is 19.8. The van der Waals surface area contributed by atoms with Crippen LogP contribution in [0.4, 0.5) is 0 Å². The standard InChI is InChI=1S/C24H26N2O2S/c27-22-15-29-24(26(22)14-16-4-2-1-3-5-16)19-10-8-18(9-11-19)23(28)25-21-13-17-6-7-20(21)12-17/h1-5,8-11,17,20-21,24H,6-7,12-15H2,(H,25,28)/t17-,20-,21-,24-/m0/s1. The van der Waals surface area contributed by atoms with Crippen molar-refractivity contribution < 1.29 is 9.59 Å². The molecule has 3 fully saturated rings. The maximum atomic E-state index is 12.7. The van der Waals surface area contributed by atoms with E-state index >= 15 is 0 Å². The molecule has 2 aliphatic carbocycles. The van der Waals surface area contributed by atoms with E-state index in [1.165, 1.54) is 19.3 Å². The summed E-state index contributed by atoms with van der Waals surface area (Å²) in [5.74, 6) is 2.20. The van der Waals surface area contributed by atoms with Crippen molar-refractivity contribution in [2.75, 3.05) is 5.75 Å². The summed E-state index contributed by atoms with van der Waals surface area (Å²) in [5, 5.41) is 3.26. The number of nitrogens with zero attached hydrogens (tertiary/aromatic N) is 1. The predicted octanol–water partition coefficient (Wildman–Crippen LogP) is 4.38. The molecule has 4 nitrogen and oxygen atoms in total. The highest BCUT2D eigenvalue weighted by Crippen LogP contribution is 2.44. The number of thioether (sulfide) groups is 1. The van der Waals surface area contributed by atoms with E-state index in [9.17, 15) is 9.59 Å². The number of nitrogens with one attached hydrogen (secondary N) is 1. The first-order chi connectivity index (χ1) is 14.2. The van der Waals surface area contributed by atoms with E-state index in [4.69, 9.17) is 0 Å². The molecule has 5 rings (SSSR count). The molecule has 1 heterocycles. The Labute approximate surface area is 176 Å². The Hall–Kier alpha value is -2.27. The van der Waals surface area contributed by atoms with Gasteiger partial charge >= 0.3 is 0 Å². The molecule has 2 aromatic carbocycles. The van der Waals surface area contributed by atoms with Crippen LogP contribution in [0, 0.1) is 11.8 Å². The van der Waals surface area contributed by atoms with Crippen molar-refractivity contribution in [3.05, 3.63) is 71.3 Å². The number of benzene rings is 2. The molecule has 1 saturated heterocycles. The fourth-order valence-corrected chi connectivity index (χ4v) is 6.34. The molecule has 1 N–H and O–H groups in total. The second-order valence-corrected chi connectivity index (χ2v) is 9.62. The first kappa shape index (κ1) is 18.7. The molecular weight excluding hydrogens is 380 g/mol. The smallest absolute Gasteiger partial charge is 0.251 e. The lowest BCUT2D eigenvalue weighted by atomic mass is 9.95. The van der Waals surface area contributed by atoms with E-state index in [0.29, 0.717) is 29.8 Å². The van der Waals surface area contributed by atoms with Gasteiger partial charge in [-0.15, -0.1) is 11.8 Å². The van der Waals surface area contributed by atoms with Crippen molar-refractivity contribution in [1.82, 2.24) is 10.2 Å². The lowest BCUT2D eigenvalue weighted by Gasteiger charge is -2.25. The van der Waals surface area contributed by atoms with Gasteiger partial charge in [-0.2, -0.15) is 0 Å². The highest BCUT2D eigenvalue weighted by atomic mass is 32.2. The highest BCUT2D eigenvalue weighted by Gasteiger charge is 2.40. The number of fused-ring (bicyclic) bond motifs is 2. The molecule has 4 atom stereocenters. The number of rotatable bonds is 5. The van der Waals surface area contributed by atoms with Gasteiger partial charge in [0.15, 0.2) is 0 Å². The number of carbonyl (C=O) groups excluding carboxylic acids is 2. The van der Waals surface area contributed by atoms with Gasteiger partial charge in [0.2, 0.25) is 5.91 Å². The molecule has 0 radical (unpaired) electrons. The molecule has 3 aliphatic rings. The van der Waals surface area contributed by atoms with Gasteiger partial charge in [0, 0.05) is 18.2 Å². The van der Waals surface area contributed by atoms with Gasteiger partial charge in [0.1, 0.15) is 5.37 Å². The minimum absolute atomic E-state index is 0.00499. The van der Waals surface area contributed by atoms with Gasteiger partial charge in [0.25, 0.3) is 5.91 Å². The summed E-state index contributed by atoms with van der Waals surface area (Å²) in [5.41, 5.74) is 2.92. The molecule has 2 bridgehead atoms. The van der Waals surface area contributed by atoms with Crippen LogP contribution in [0.3, 0.4) is 0 Å². The fraction of sp³-hybridized carbons (Fsp3) is 0.417. The number of hydrogen-bond donors (Lipinski definition) is 1. The SMILES string of the molecule is O=C(N[C@H]1C[C@H]2CC[C@H]1C2)c1ccc([C@@H]2SCC(=O)N2Cc2ccccc2)cc1. The average molecular weight is 407 g/mol. The molecule has 2 amide bonds. The van der Waals surface area contributed by atoms with E-state index < -0.39 is 0 Å². The van der Waals surface area contributed by atoms with Crippen LogP contribution in [0.25, 0.3) is 0 Å². The van der Waals surface area contributed by atoms with E-state index in [1.807, 2.05) is 47.4 Å².